The minimum atomic E-state index is 0.00117. The summed E-state index contributed by atoms with van der Waals surface area (Å²) < 4.78 is 0. The minimum Gasteiger partial charge on any atom is -0.299 e. The van der Waals surface area contributed by atoms with Crippen LogP contribution >= 0.6 is 0 Å². The molecule has 24 heavy (non-hydrogen) atoms. The van der Waals surface area contributed by atoms with E-state index in [2.05, 4.69) is 27.7 Å². The molecular weight excluding hydrogens is 292 g/mol. The van der Waals surface area contributed by atoms with Gasteiger partial charge in [-0.05, 0) is 32.1 Å². The first-order valence-electron chi connectivity index (χ1n) is 11.0. The van der Waals surface area contributed by atoms with E-state index >= 15 is 0 Å². The average Bonchev–Trinajstić information content (AvgIpc) is 2.52. The van der Waals surface area contributed by atoms with Gasteiger partial charge in [0, 0.05) is 5.41 Å². The molecule has 0 saturated carbocycles. The number of carbonyl (C=O) groups excluding carboxylic acids is 1. The Kier molecular flexibility index (Phi) is 14.8. The zero-order valence-electron chi connectivity index (χ0n) is 17.6. The maximum absolute atomic E-state index is 12.3. The van der Waals surface area contributed by atoms with Crippen LogP contribution in [0, 0.1) is 11.3 Å². The van der Waals surface area contributed by atoms with Crippen molar-refractivity contribution in [3.8, 4) is 0 Å². The number of carbonyl (C=O) groups is 1. The van der Waals surface area contributed by atoms with Crippen LogP contribution in [0.15, 0.2) is 0 Å². The van der Waals surface area contributed by atoms with E-state index in [0.29, 0.717) is 5.78 Å². The SMILES string of the molecule is CCCCCC(CCC)(CCCCCCCCCC(C)C)C(C)=O. The van der Waals surface area contributed by atoms with Gasteiger partial charge in [0.15, 0.2) is 0 Å². The highest BCUT2D eigenvalue weighted by Gasteiger charge is 2.32. The molecule has 0 N–H and O–H groups in total. The molecule has 0 aromatic heterocycles. The molecule has 0 bridgehead atoms. The topological polar surface area (TPSA) is 17.1 Å². The lowest BCUT2D eigenvalue weighted by Crippen LogP contribution is -2.29. The molecule has 0 aliphatic carbocycles. The van der Waals surface area contributed by atoms with Crippen LogP contribution in [0.3, 0.4) is 0 Å². The summed E-state index contributed by atoms with van der Waals surface area (Å²) in [6, 6.07) is 0. The fourth-order valence-corrected chi connectivity index (χ4v) is 3.99. The van der Waals surface area contributed by atoms with Crippen molar-refractivity contribution in [2.45, 2.75) is 131 Å². The van der Waals surface area contributed by atoms with Crippen molar-refractivity contribution in [3.63, 3.8) is 0 Å². The highest BCUT2D eigenvalue weighted by atomic mass is 16.1. The van der Waals surface area contributed by atoms with E-state index in [1.807, 2.05) is 6.92 Å². The molecule has 144 valence electrons. The second-order valence-corrected chi connectivity index (χ2v) is 8.45. The maximum Gasteiger partial charge on any atom is 0.135 e. The molecule has 1 unspecified atom stereocenters. The van der Waals surface area contributed by atoms with Gasteiger partial charge < -0.3 is 0 Å². The van der Waals surface area contributed by atoms with Gasteiger partial charge in [-0.1, -0.05) is 105 Å². The first-order chi connectivity index (χ1) is 11.5. The molecular formula is C23H46O. The van der Waals surface area contributed by atoms with Gasteiger partial charge in [0.25, 0.3) is 0 Å². The first-order valence-corrected chi connectivity index (χ1v) is 11.0. The summed E-state index contributed by atoms with van der Waals surface area (Å²) in [5.74, 6) is 1.31. The molecule has 0 fully saturated rings. The van der Waals surface area contributed by atoms with Crippen molar-refractivity contribution in [2.75, 3.05) is 0 Å². The Morgan fingerprint density at radius 2 is 1.21 bits per heavy atom. The smallest absolute Gasteiger partial charge is 0.135 e. The highest BCUT2D eigenvalue weighted by molar-refractivity contribution is 5.82. The Labute approximate surface area is 153 Å². The summed E-state index contributed by atoms with van der Waals surface area (Å²) in [6.07, 6.45) is 19.1. The molecule has 0 aliphatic rings. The van der Waals surface area contributed by atoms with Gasteiger partial charge in [0.05, 0.1) is 0 Å². The van der Waals surface area contributed by atoms with Gasteiger partial charge in [-0.2, -0.15) is 0 Å². The number of Topliss-reactive ketones (excluding diaryl/α,β-unsaturated/α-hetero) is 1. The first kappa shape index (κ1) is 23.7. The second-order valence-electron chi connectivity index (χ2n) is 8.45. The molecule has 0 heterocycles. The van der Waals surface area contributed by atoms with E-state index in [1.165, 1.54) is 70.6 Å². The van der Waals surface area contributed by atoms with Gasteiger partial charge in [0.1, 0.15) is 5.78 Å². The normalized spacial score (nSPS) is 14.1. The van der Waals surface area contributed by atoms with Gasteiger partial charge in [0.2, 0.25) is 0 Å². The summed E-state index contributed by atoms with van der Waals surface area (Å²) in [7, 11) is 0. The molecule has 1 atom stereocenters. The second kappa shape index (κ2) is 15.0. The molecule has 0 spiro atoms. The van der Waals surface area contributed by atoms with Gasteiger partial charge in [-0.15, -0.1) is 0 Å². The lowest BCUT2D eigenvalue weighted by atomic mass is 9.72. The minimum absolute atomic E-state index is 0.00117. The van der Waals surface area contributed by atoms with Crippen molar-refractivity contribution in [1.82, 2.24) is 0 Å². The van der Waals surface area contributed by atoms with Crippen molar-refractivity contribution in [2.24, 2.45) is 11.3 Å². The van der Waals surface area contributed by atoms with E-state index in [-0.39, 0.29) is 5.41 Å². The molecule has 0 amide bonds. The lowest BCUT2D eigenvalue weighted by Gasteiger charge is -2.31. The Hall–Kier alpha value is -0.330. The third-order valence-corrected chi connectivity index (χ3v) is 5.67. The van der Waals surface area contributed by atoms with Crippen molar-refractivity contribution < 1.29 is 4.79 Å². The van der Waals surface area contributed by atoms with Crippen LogP contribution < -0.4 is 0 Å². The largest absolute Gasteiger partial charge is 0.299 e. The monoisotopic (exact) mass is 338 g/mol. The Morgan fingerprint density at radius 1 is 0.708 bits per heavy atom. The van der Waals surface area contributed by atoms with E-state index in [1.54, 1.807) is 0 Å². The summed E-state index contributed by atoms with van der Waals surface area (Å²) in [6.45, 7) is 11.0. The van der Waals surface area contributed by atoms with Gasteiger partial charge >= 0.3 is 0 Å². The van der Waals surface area contributed by atoms with E-state index in [4.69, 9.17) is 0 Å². The predicted molar refractivity (Wildman–Crippen MR) is 109 cm³/mol. The third-order valence-electron chi connectivity index (χ3n) is 5.67. The number of rotatable bonds is 17. The molecule has 0 radical (unpaired) electrons. The van der Waals surface area contributed by atoms with Crippen molar-refractivity contribution in [1.29, 1.82) is 0 Å². The zero-order chi connectivity index (χ0) is 18.3. The van der Waals surface area contributed by atoms with Crippen LogP contribution in [0.5, 0.6) is 0 Å². The maximum atomic E-state index is 12.3. The Balaban J connectivity index is 3.98. The van der Waals surface area contributed by atoms with Crippen molar-refractivity contribution in [3.05, 3.63) is 0 Å². The summed E-state index contributed by atoms with van der Waals surface area (Å²) >= 11 is 0. The Morgan fingerprint density at radius 3 is 1.67 bits per heavy atom. The fraction of sp³-hybridized carbons (Fsp3) is 0.957. The number of hydrogen-bond acceptors (Lipinski definition) is 1. The van der Waals surface area contributed by atoms with Crippen molar-refractivity contribution >= 4 is 5.78 Å². The van der Waals surface area contributed by atoms with Gasteiger partial charge in [-0.3, -0.25) is 4.79 Å². The average molecular weight is 339 g/mol. The highest BCUT2D eigenvalue weighted by Crippen LogP contribution is 2.37. The summed E-state index contributed by atoms with van der Waals surface area (Å²) in [5.41, 5.74) is 0.00117. The quantitative estimate of drug-likeness (QED) is 0.245. The molecule has 0 aromatic rings. The fourth-order valence-electron chi connectivity index (χ4n) is 3.99. The zero-order valence-corrected chi connectivity index (χ0v) is 17.6. The molecule has 1 nitrogen and oxygen atoms in total. The van der Waals surface area contributed by atoms with Gasteiger partial charge in [-0.25, -0.2) is 0 Å². The summed E-state index contributed by atoms with van der Waals surface area (Å²) in [4.78, 5) is 12.3. The molecule has 0 aliphatic heterocycles. The summed E-state index contributed by atoms with van der Waals surface area (Å²) in [5, 5.41) is 0. The molecule has 0 rings (SSSR count). The molecule has 0 aromatic carbocycles. The third kappa shape index (κ3) is 11.3. The lowest BCUT2D eigenvalue weighted by molar-refractivity contribution is -0.128. The number of hydrogen-bond donors (Lipinski definition) is 0. The van der Waals surface area contributed by atoms with E-state index in [9.17, 15) is 4.79 Å². The Bertz CT molecular complexity index is 294. The van der Waals surface area contributed by atoms with Crippen LogP contribution in [-0.2, 0) is 4.79 Å². The van der Waals surface area contributed by atoms with Crippen LogP contribution in [0.4, 0.5) is 0 Å². The van der Waals surface area contributed by atoms with Crippen LogP contribution in [0.1, 0.15) is 131 Å². The molecule has 1 heteroatoms. The van der Waals surface area contributed by atoms with E-state index < -0.39 is 0 Å². The van der Waals surface area contributed by atoms with E-state index in [0.717, 1.165) is 31.6 Å². The standard InChI is InChI=1S/C23H46O/c1-6-8-15-19-23(18-7-2,22(5)24)20-16-13-11-9-10-12-14-17-21(3)4/h21H,6-20H2,1-5H3. The number of unbranched alkanes of at least 4 members (excludes halogenated alkanes) is 8. The molecule has 0 saturated heterocycles. The predicted octanol–water partition coefficient (Wildman–Crippen LogP) is 8.11. The van der Waals surface area contributed by atoms with Crippen LogP contribution in [0.25, 0.3) is 0 Å². The van der Waals surface area contributed by atoms with Crippen LogP contribution in [0.2, 0.25) is 0 Å². The number of ketones is 1. The van der Waals surface area contributed by atoms with Crippen LogP contribution in [-0.4, -0.2) is 5.78 Å².